The maximum atomic E-state index is 12.2. The van der Waals surface area contributed by atoms with Crippen molar-refractivity contribution >= 4 is 11.9 Å². The second-order valence-electron chi connectivity index (χ2n) is 6.05. The van der Waals surface area contributed by atoms with E-state index in [1.165, 1.54) is 7.11 Å². The van der Waals surface area contributed by atoms with Crippen LogP contribution in [0.3, 0.4) is 0 Å². The molecule has 0 fully saturated rings. The average molecular weight is 229 g/mol. The van der Waals surface area contributed by atoms with Gasteiger partial charge in [0.25, 0.3) is 0 Å². The van der Waals surface area contributed by atoms with Crippen molar-refractivity contribution in [2.75, 3.05) is 7.11 Å². The van der Waals surface area contributed by atoms with E-state index < -0.39 is 17.6 Å². The lowest BCUT2D eigenvalue weighted by molar-refractivity contribution is -0.130. The maximum Gasteiger partial charge on any atom is 0.407 e. The molecule has 0 heterocycles. The molecule has 0 aromatic heterocycles. The van der Waals surface area contributed by atoms with Gasteiger partial charge in [0.15, 0.2) is 5.78 Å². The number of carbonyl (C=O) groups is 2. The minimum Gasteiger partial charge on any atom is -0.453 e. The Labute approximate surface area is 97.7 Å². The van der Waals surface area contributed by atoms with E-state index >= 15 is 0 Å². The van der Waals surface area contributed by atoms with Crippen molar-refractivity contribution in [2.45, 2.75) is 47.6 Å². The van der Waals surface area contributed by atoms with Crippen LogP contribution in [0.2, 0.25) is 0 Å². The van der Waals surface area contributed by atoms with E-state index in [4.69, 9.17) is 0 Å². The molecular formula is C12H23NO3. The number of amides is 1. The summed E-state index contributed by atoms with van der Waals surface area (Å²) in [7, 11) is 1.29. The van der Waals surface area contributed by atoms with Gasteiger partial charge in [-0.3, -0.25) is 4.79 Å². The SMILES string of the molecule is COC(=O)NC(C(=O)C(C)(C)C)C(C)(C)C. The molecule has 1 N–H and O–H groups in total. The smallest absolute Gasteiger partial charge is 0.407 e. The number of rotatable bonds is 2. The third-order valence-corrected chi connectivity index (χ3v) is 2.31. The normalized spacial score (nSPS) is 14.2. The number of ether oxygens (including phenoxy) is 1. The van der Waals surface area contributed by atoms with Crippen molar-refractivity contribution in [2.24, 2.45) is 10.8 Å². The molecule has 1 unspecified atom stereocenters. The lowest BCUT2D eigenvalue weighted by atomic mass is 9.76. The van der Waals surface area contributed by atoms with Crippen LogP contribution in [-0.2, 0) is 9.53 Å². The van der Waals surface area contributed by atoms with Gasteiger partial charge in [-0.1, -0.05) is 41.5 Å². The molecule has 0 aliphatic rings. The minimum absolute atomic E-state index is 0.00500. The van der Waals surface area contributed by atoms with Gasteiger partial charge in [-0.2, -0.15) is 0 Å². The molecule has 0 bridgehead atoms. The third kappa shape index (κ3) is 4.21. The van der Waals surface area contributed by atoms with Crippen LogP contribution in [0, 0.1) is 10.8 Å². The number of methoxy groups -OCH3 is 1. The summed E-state index contributed by atoms with van der Waals surface area (Å²) in [5.74, 6) is 0.00500. The van der Waals surface area contributed by atoms with Crippen LogP contribution in [-0.4, -0.2) is 25.0 Å². The third-order valence-electron chi connectivity index (χ3n) is 2.31. The van der Waals surface area contributed by atoms with Gasteiger partial charge in [0.05, 0.1) is 13.2 Å². The summed E-state index contributed by atoms with van der Waals surface area (Å²) in [6.45, 7) is 11.3. The number of alkyl carbamates (subject to hydrolysis) is 1. The van der Waals surface area contributed by atoms with Gasteiger partial charge in [-0.05, 0) is 5.41 Å². The quantitative estimate of drug-likeness (QED) is 0.791. The summed E-state index contributed by atoms with van der Waals surface area (Å²) in [6.07, 6.45) is -0.572. The monoisotopic (exact) mass is 229 g/mol. The predicted molar refractivity (Wildman–Crippen MR) is 63.2 cm³/mol. The summed E-state index contributed by atoms with van der Waals surface area (Å²) in [5.41, 5.74) is -0.822. The zero-order chi connectivity index (χ0) is 13.1. The Balaban J connectivity index is 4.98. The molecule has 0 rings (SSSR count). The standard InChI is InChI=1S/C12H23NO3/c1-11(2,3)8(13-10(15)16-7)9(14)12(4,5)6/h8H,1-7H3,(H,13,15). The number of ketones is 1. The van der Waals surface area contributed by atoms with Crippen LogP contribution in [0.15, 0.2) is 0 Å². The number of Topliss-reactive ketones (excluding diaryl/α,β-unsaturated/α-hetero) is 1. The fourth-order valence-corrected chi connectivity index (χ4v) is 1.29. The highest BCUT2D eigenvalue weighted by molar-refractivity contribution is 5.91. The second kappa shape index (κ2) is 4.85. The van der Waals surface area contributed by atoms with Gasteiger partial charge < -0.3 is 10.1 Å². The van der Waals surface area contributed by atoms with Crippen molar-refractivity contribution in [1.82, 2.24) is 5.32 Å². The first-order valence-electron chi connectivity index (χ1n) is 5.39. The highest BCUT2D eigenvalue weighted by Gasteiger charge is 2.38. The lowest BCUT2D eigenvalue weighted by Crippen LogP contribution is -2.52. The molecule has 0 aromatic rings. The van der Waals surface area contributed by atoms with Crippen molar-refractivity contribution in [3.63, 3.8) is 0 Å². The lowest BCUT2D eigenvalue weighted by Gasteiger charge is -2.34. The van der Waals surface area contributed by atoms with Gasteiger partial charge >= 0.3 is 6.09 Å². The van der Waals surface area contributed by atoms with Crippen molar-refractivity contribution in [3.05, 3.63) is 0 Å². The summed E-state index contributed by atoms with van der Waals surface area (Å²) in [5, 5.41) is 2.60. The first-order chi connectivity index (χ1) is 7.00. The van der Waals surface area contributed by atoms with E-state index in [0.717, 1.165) is 0 Å². The number of nitrogens with one attached hydrogen (secondary N) is 1. The molecule has 1 atom stereocenters. The van der Waals surface area contributed by atoms with Crippen molar-refractivity contribution in [1.29, 1.82) is 0 Å². The molecular weight excluding hydrogens is 206 g/mol. The molecule has 0 saturated heterocycles. The van der Waals surface area contributed by atoms with Crippen LogP contribution < -0.4 is 5.32 Å². The van der Waals surface area contributed by atoms with Gasteiger partial charge in [0, 0.05) is 5.41 Å². The topological polar surface area (TPSA) is 55.4 Å². The van der Waals surface area contributed by atoms with Crippen molar-refractivity contribution < 1.29 is 14.3 Å². The van der Waals surface area contributed by atoms with Gasteiger partial charge in [-0.15, -0.1) is 0 Å². The molecule has 4 nitrogen and oxygen atoms in total. The van der Waals surface area contributed by atoms with Crippen LogP contribution in [0.4, 0.5) is 4.79 Å². The fourth-order valence-electron chi connectivity index (χ4n) is 1.29. The van der Waals surface area contributed by atoms with Crippen molar-refractivity contribution in [3.8, 4) is 0 Å². The molecule has 0 aliphatic heterocycles. The Morgan fingerprint density at radius 3 is 1.75 bits per heavy atom. The van der Waals surface area contributed by atoms with E-state index in [-0.39, 0.29) is 11.2 Å². The predicted octanol–water partition coefficient (Wildman–Crippen LogP) is 2.37. The van der Waals surface area contributed by atoms with Gasteiger partial charge in [0.2, 0.25) is 0 Å². The highest BCUT2D eigenvalue weighted by Crippen LogP contribution is 2.27. The van der Waals surface area contributed by atoms with Crippen LogP contribution in [0.25, 0.3) is 0 Å². The van der Waals surface area contributed by atoms with E-state index in [1.807, 2.05) is 41.5 Å². The van der Waals surface area contributed by atoms with Crippen LogP contribution >= 0.6 is 0 Å². The summed E-state index contributed by atoms with van der Waals surface area (Å²) < 4.78 is 4.54. The molecule has 0 spiro atoms. The molecule has 1 amide bonds. The molecule has 94 valence electrons. The van der Waals surface area contributed by atoms with E-state index in [0.29, 0.717) is 0 Å². The van der Waals surface area contributed by atoms with Crippen LogP contribution in [0.5, 0.6) is 0 Å². The Hall–Kier alpha value is -1.06. The van der Waals surface area contributed by atoms with E-state index in [9.17, 15) is 9.59 Å². The van der Waals surface area contributed by atoms with Gasteiger partial charge in [0.1, 0.15) is 0 Å². The average Bonchev–Trinajstić information content (AvgIpc) is 2.09. The summed E-state index contributed by atoms with van der Waals surface area (Å²) >= 11 is 0. The number of hydrogen-bond acceptors (Lipinski definition) is 3. The number of carbonyl (C=O) groups excluding carboxylic acids is 2. The summed E-state index contributed by atoms with van der Waals surface area (Å²) in [4.78, 5) is 23.4. The molecule has 0 aliphatic carbocycles. The van der Waals surface area contributed by atoms with E-state index in [2.05, 4.69) is 10.1 Å². The largest absolute Gasteiger partial charge is 0.453 e. The first-order valence-corrected chi connectivity index (χ1v) is 5.39. The molecule has 0 aromatic carbocycles. The van der Waals surface area contributed by atoms with Gasteiger partial charge in [-0.25, -0.2) is 4.79 Å². The Bertz CT molecular complexity index is 271. The Morgan fingerprint density at radius 2 is 1.50 bits per heavy atom. The maximum absolute atomic E-state index is 12.2. The highest BCUT2D eigenvalue weighted by atomic mass is 16.5. The minimum atomic E-state index is -0.572. The molecule has 4 heteroatoms. The Morgan fingerprint density at radius 1 is 1.06 bits per heavy atom. The Kier molecular flexibility index (Phi) is 4.53. The molecule has 16 heavy (non-hydrogen) atoms. The first kappa shape index (κ1) is 14.9. The second-order valence-corrected chi connectivity index (χ2v) is 6.05. The molecule has 0 saturated carbocycles. The summed E-state index contributed by atoms with van der Waals surface area (Å²) in [6, 6.07) is -0.542. The van der Waals surface area contributed by atoms with Crippen LogP contribution in [0.1, 0.15) is 41.5 Å². The fraction of sp³-hybridized carbons (Fsp3) is 0.833. The molecule has 0 radical (unpaired) electrons. The van der Waals surface area contributed by atoms with E-state index in [1.54, 1.807) is 0 Å². The number of hydrogen-bond donors (Lipinski definition) is 1. The zero-order valence-corrected chi connectivity index (χ0v) is 11.3. The zero-order valence-electron chi connectivity index (χ0n) is 11.3.